The molecule has 1 saturated heterocycles. The molecule has 0 spiro atoms. The number of nitrogens with one attached hydrogen (secondary N) is 1. The largest absolute Gasteiger partial charge is 0.377 e. The van der Waals surface area contributed by atoms with Gasteiger partial charge in [0.1, 0.15) is 0 Å². The van der Waals surface area contributed by atoms with E-state index in [9.17, 15) is 9.18 Å². The third kappa shape index (κ3) is 2.24. The van der Waals surface area contributed by atoms with Crippen LogP contribution in [0.15, 0.2) is 12.3 Å². The van der Waals surface area contributed by atoms with Crippen LogP contribution in [0, 0.1) is 5.82 Å². The summed E-state index contributed by atoms with van der Waals surface area (Å²) in [6.45, 7) is 0.991. The molecular formula is C9H8ClFN2O2. The number of hydrogen-bond acceptors (Lipinski definition) is 3. The molecule has 1 N–H and O–H groups in total. The summed E-state index contributed by atoms with van der Waals surface area (Å²) in [6.07, 6.45) is 1.24. The minimum absolute atomic E-state index is 0.0104. The number of aromatic nitrogens is 1. The Morgan fingerprint density at radius 1 is 1.67 bits per heavy atom. The van der Waals surface area contributed by atoms with Gasteiger partial charge in [-0.25, -0.2) is 9.37 Å². The Balaban J connectivity index is 2.07. The van der Waals surface area contributed by atoms with Crippen LogP contribution in [0.3, 0.4) is 0 Å². The average Bonchev–Trinajstić information content (AvgIpc) is 2.15. The predicted molar refractivity (Wildman–Crippen MR) is 51.3 cm³/mol. The smallest absolute Gasteiger partial charge is 0.253 e. The summed E-state index contributed by atoms with van der Waals surface area (Å²) >= 11 is 5.39. The standard InChI is InChI=1S/C9H8ClFN2O2/c10-8-7(11)1-5(2-12-8)9(14)13-6-3-15-4-6/h1-2,6H,3-4H2,(H,13,14). The molecule has 80 valence electrons. The van der Waals surface area contributed by atoms with Gasteiger partial charge in [0, 0.05) is 6.20 Å². The SMILES string of the molecule is O=C(NC1COC1)c1cnc(Cl)c(F)c1. The Kier molecular flexibility index (Phi) is 2.83. The first-order chi connectivity index (χ1) is 7.16. The molecule has 0 bridgehead atoms. The van der Waals surface area contributed by atoms with Crippen LogP contribution in [-0.2, 0) is 4.74 Å². The normalized spacial score (nSPS) is 15.9. The quantitative estimate of drug-likeness (QED) is 0.772. The van der Waals surface area contributed by atoms with Crippen molar-refractivity contribution in [2.45, 2.75) is 6.04 Å². The van der Waals surface area contributed by atoms with Crippen molar-refractivity contribution in [1.29, 1.82) is 0 Å². The second-order valence-corrected chi connectivity index (χ2v) is 3.56. The molecule has 15 heavy (non-hydrogen) atoms. The molecule has 4 nitrogen and oxygen atoms in total. The maximum atomic E-state index is 13.0. The zero-order valence-corrected chi connectivity index (χ0v) is 8.42. The average molecular weight is 231 g/mol. The number of halogens is 2. The van der Waals surface area contributed by atoms with Gasteiger partial charge in [-0.05, 0) is 6.07 Å². The molecule has 1 fully saturated rings. The maximum absolute atomic E-state index is 13.0. The van der Waals surface area contributed by atoms with E-state index in [0.29, 0.717) is 13.2 Å². The zero-order valence-electron chi connectivity index (χ0n) is 7.67. The lowest BCUT2D eigenvalue weighted by Crippen LogP contribution is -2.48. The monoisotopic (exact) mass is 230 g/mol. The van der Waals surface area contributed by atoms with Crippen LogP contribution in [0.4, 0.5) is 4.39 Å². The van der Waals surface area contributed by atoms with Gasteiger partial charge in [-0.15, -0.1) is 0 Å². The fourth-order valence-electron chi connectivity index (χ4n) is 1.13. The molecular weight excluding hydrogens is 223 g/mol. The maximum Gasteiger partial charge on any atom is 0.253 e. The summed E-state index contributed by atoms with van der Waals surface area (Å²) in [5, 5.41) is 2.43. The Hall–Kier alpha value is -1.20. The number of hydrogen-bond donors (Lipinski definition) is 1. The van der Waals surface area contributed by atoms with Crippen molar-refractivity contribution in [2.24, 2.45) is 0 Å². The van der Waals surface area contributed by atoms with Crippen LogP contribution in [0.2, 0.25) is 5.15 Å². The summed E-state index contributed by atoms with van der Waals surface area (Å²) in [5.41, 5.74) is 0.156. The highest BCUT2D eigenvalue weighted by molar-refractivity contribution is 6.29. The van der Waals surface area contributed by atoms with Crippen molar-refractivity contribution in [3.8, 4) is 0 Å². The Bertz CT molecular complexity index is 396. The number of nitrogens with zero attached hydrogens (tertiary/aromatic N) is 1. The lowest BCUT2D eigenvalue weighted by molar-refractivity contribution is -0.00347. The van der Waals surface area contributed by atoms with E-state index in [1.54, 1.807) is 0 Å². The van der Waals surface area contributed by atoms with E-state index in [1.807, 2.05) is 0 Å². The lowest BCUT2D eigenvalue weighted by atomic mass is 10.2. The highest BCUT2D eigenvalue weighted by Gasteiger charge is 2.21. The minimum atomic E-state index is -0.700. The minimum Gasteiger partial charge on any atom is -0.377 e. The van der Waals surface area contributed by atoms with Crippen molar-refractivity contribution in [1.82, 2.24) is 10.3 Å². The summed E-state index contributed by atoms with van der Waals surface area (Å²) in [6, 6.07) is 1.07. The summed E-state index contributed by atoms with van der Waals surface area (Å²) in [7, 11) is 0. The Morgan fingerprint density at radius 3 is 2.93 bits per heavy atom. The van der Waals surface area contributed by atoms with Crippen LogP contribution in [0.5, 0.6) is 0 Å². The first-order valence-electron chi connectivity index (χ1n) is 4.36. The van der Waals surface area contributed by atoms with Gasteiger partial charge in [-0.1, -0.05) is 11.6 Å². The molecule has 0 radical (unpaired) electrons. The highest BCUT2D eigenvalue weighted by atomic mass is 35.5. The van der Waals surface area contributed by atoms with E-state index < -0.39 is 5.82 Å². The third-order valence-electron chi connectivity index (χ3n) is 2.03. The van der Waals surface area contributed by atoms with E-state index in [2.05, 4.69) is 10.3 Å². The van der Waals surface area contributed by atoms with E-state index in [4.69, 9.17) is 16.3 Å². The topological polar surface area (TPSA) is 51.2 Å². The highest BCUT2D eigenvalue weighted by Crippen LogP contribution is 2.12. The van der Waals surface area contributed by atoms with Gasteiger partial charge in [0.2, 0.25) is 0 Å². The molecule has 0 saturated carbocycles. The molecule has 6 heteroatoms. The van der Waals surface area contributed by atoms with E-state index in [0.717, 1.165) is 6.07 Å². The molecule has 0 aliphatic carbocycles. The number of carbonyl (C=O) groups excluding carboxylic acids is 1. The van der Waals surface area contributed by atoms with Gasteiger partial charge >= 0.3 is 0 Å². The number of rotatable bonds is 2. The molecule has 1 amide bonds. The van der Waals surface area contributed by atoms with Crippen LogP contribution in [0.1, 0.15) is 10.4 Å². The lowest BCUT2D eigenvalue weighted by Gasteiger charge is -2.26. The number of amides is 1. The van der Waals surface area contributed by atoms with Gasteiger partial charge in [0.25, 0.3) is 5.91 Å². The number of carbonyl (C=O) groups is 1. The third-order valence-corrected chi connectivity index (χ3v) is 2.31. The Labute approximate surface area is 90.4 Å². The predicted octanol–water partition coefficient (Wildman–Crippen LogP) is 1.00. The summed E-state index contributed by atoms with van der Waals surface area (Å²) < 4.78 is 17.9. The molecule has 2 rings (SSSR count). The molecule has 0 unspecified atom stereocenters. The summed E-state index contributed by atoms with van der Waals surface area (Å²) in [5.74, 6) is -1.07. The molecule has 2 heterocycles. The van der Waals surface area contributed by atoms with E-state index in [1.165, 1.54) is 6.20 Å². The second-order valence-electron chi connectivity index (χ2n) is 3.20. The molecule has 1 aromatic rings. The van der Waals surface area contributed by atoms with Crippen molar-refractivity contribution in [2.75, 3.05) is 13.2 Å². The fraction of sp³-hybridized carbons (Fsp3) is 0.333. The van der Waals surface area contributed by atoms with Crippen LogP contribution < -0.4 is 5.32 Å². The van der Waals surface area contributed by atoms with Crippen molar-refractivity contribution in [3.63, 3.8) is 0 Å². The number of pyridine rings is 1. The van der Waals surface area contributed by atoms with Crippen molar-refractivity contribution >= 4 is 17.5 Å². The second kappa shape index (κ2) is 4.12. The summed E-state index contributed by atoms with van der Waals surface area (Å²) in [4.78, 5) is 15.0. The van der Waals surface area contributed by atoms with Gasteiger partial charge in [-0.2, -0.15) is 0 Å². The van der Waals surface area contributed by atoms with E-state index in [-0.39, 0.29) is 22.7 Å². The first-order valence-corrected chi connectivity index (χ1v) is 4.74. The van der Waals surface area contributed by atoms with Gasteiger partial charge in [0.15, 0.2) is 11.0 Å². The zero-order chi connectivity index (χ0) is 10.8. The van der Waals surface area contributed by atoms with Crippen LogP contribution >= 0.6 is 11.6 Å². The van der Waals surface area contributed by atoms with Crippen molar-refractivity contribution < 1.29 is 13.9 Å². The number of ether oxygens (including phenoxy) is 1. The van der Waals surface area contributed by atoms with Gasteiger partial charge in [0.05, 0.1) is 24.8 Å². The molecule has 1 aliphatic rings. The van der Waals surface area contributed by atoms with Gasteiger partial charge < -0.3 is 10.1 Å². The van der Waals surface area contributed by atoms with Crippen LogP contribution in [0.25, 0.3) is 0 Å². The first kappa shape index (κ1) is 10.3. The van der Waals surface area contributed by atoms with Crippen molar-refractivity contribution in [3.05, 3.63) is 28.8 Å². The van der Waals surface area contributed by atoms with Gasteiger partial charge in [-0.3, -0.25) is 4.79 Å². The molecule has 0 atom stereocenters. The van der Waals surface area contributed by atoms with E-state index >= 15 is 0 Å². The molecule has 1 aromatic heterocycles. The fourth-order valence-corrected chi connectivity index (χ4v) is 1.24. The molecule has 1 aliphatic heterocycles. The molecule has 0 aromatic carbocycles. The Morgan fingerprint density at radius 2 is 2.40 bits per heavy atom. The van der Waals surface area contributed by atoms with Crippen LogP contribution in [-0.4, -0.2) is 30.1 Å².